The Morgan fingerprint density at radius 1 is 1.04 bits per heavy atom. The van der Waals surface area contributed by atoms with Gasteiger partial charge in [0.15, 0.2) is 0 Å². The zero-order valence-electron chi connectivity index (χ0n) is 13.2. The summed E-state index contributed by atoms with van der Waals surface area (Å²) in [6, 6.07) is 18.4. The molecule has 0 unspecified atom stereocenters. The maximum absolute atomic E-state index is 11.4. The Morgan fingerprint density at radius 2 is 1.70 bits per heavy atom. The van der Waals surface area contributed by atoms with E-state index in [1.807, 2.05) is 24.3 Å². The van der Waals surface area contributed by atoms with Gasteiger partial charge in [0.05, 0.1) is 0 Å². The topological polar surface area (TPSA) is 58.4 Å². The number of nitrogen functional groups attached to an aromatic ring is 1. The van der Waals surface area contributed by atoms with E-state index in [0.717, 1.165) is 19.5 Å². The Morgan fingerprint density at radius 3 is 2.30 bits per heavy atom. The van der Waals surface area contributed by atoms with Crippen LogP contribution in [0.1, 0.15) is 28.8 Å². The number of hydrazine groups is 1. The minimum absolute atomic E-state index is 0.243. The summed E-state index contributed by atoms with van der Waals surface area (Å²) >= 11 is 0. The SMILES string of the molecule is NNC(=O)c1ccc(CC2CCN(c3ccccc3)CC2)cc1. The number of hydrogen-bond donors (Lipinski definition) is 2. The molecule has 3 N–H and O–H groups in total. The second-order valence-corrected chi connectivity index (χ2v) is 6.14. The molecule has 0 aromatic heterocycles. The lowest BCUT2D eigenvalue weighted by Gasteiger charge is -2.33. The van der Waals surface area contributed by atoms with Crippen molar-refractivity contribution in [2.75, 3.05) is 18.0 Å². The molecule has 1 aliphatic rings. The van der Waals surface area contributed by atoms with Crippen molar-refractivity contribution in [2.45, 2.75) is 19.3 Å². The van der Waals surface area contributed by atoms with Crippen LogP contribution in [0.5, 0.6) is 0 Å². The van der Waals surface area contributed by atoms with Crippen LogP contribution in [0.3, 0.4) is 0 Å². The summed E-state index contributed by atoms with van der Waals surface area (Å²) in [6.45, 7) is 2.23. The predicted molar refractivity (Wildman–Crippen MR) is 93.2 cm³/mol. The van der Waals surface area contributed by atoms with Crippen LogP contribution in [0.4, 0.5) is 5.69 Å². The number of benzene rings is 2. The fourth-order valence-electron chi connectivity index (χ4n) is 3.24. The fourth-order valence-corrected chi connectivity index (χ4v) is 3.24. The lowest BCUT2D eigenvalue weighted by atomic mass is 9.89. The van der Waals surface area contributed by atoms with Crippen molar-refractivity contribution in [1.29, 1.82) is 0 Å². The molecule has 3 rings (SSSR count). The number of carbonyl (C=O) groups is 1. The van der Waals surface area contributed by atoms with Crippen LogP contribution in [0.2, 0.25) is 0 Å². The highest BCUT2D eigenvalue weighted by Crippen LogP contribution is 2.25. The van der Waals surface area contributed by atoms with Gasteiger partial charge in [-0.2, -0.15) is 0 Å². The lowest BCUT2D eigenvalue weighted by molar-refractivity contribution is 0.0953. The Labute approximate surface area is 137 Å². The average molecular weight is 309 g/mol. The van der Waals surface area contributed by atoms with Gasteiger partial charge in [-0.25, -0.2) is 5.84 Å². The summed E-state index contributed by atoms with van der Waals surface area (Å²) in [7, 11) is 0. The van der Waals surface area contributed by atoms with Crippen molar-refractivity contribution in [3.05, 3.63) is 65.7 Å². The predicted octanol–water partition coefficient (Wildman–Crippen LogP) is 2.75. The molecule has 4 nitrogen and oxygen atoms in total. The van der Waals surface area contributed by atoms with Gasteiger partial charge in [0, 0.05) is 24.3 Å². The molecule has 0 spiro atoms. The highest BCUT2D eigenvalue weighted by molar-refractivity contribution is 5.93. The third-order valence-corrected chi connectivity index (χ3v) is 4.61. The van der Waals surface area contributed by atoms with Crippen molar-refractivity contribution < 1.29 is 4.79 Å². The van der Waals surface area contributed by atoms with Crippen molar-refractivity contribution in [2.24, 2.45) is 11.8 Å². The van der Waals surface area contributed by atoms with E-state index in [2.05, 4.69) is 40.7 Å². The van der Waals surface area contributed by atoms with Gasteiger partial charge in [0.25, 0.3) is 5.91 Å². The first-order chi connectivity index (χ1) is 11.3. The number of anilines is 1. The van der Waals surface area contributed by atoms with E-state index in [9.17, 15) is 4.79 Å². The zero-order chi connectivity index (χ0) is 16.1. The first-order valence-corrected chi connectivity index (χ1v) is 8.16. The number of amides is 1. The molecule has 2 aromatic rings. The molecular weight excluding hydrogens is 286 g/mol. The minimum atomic E-state index is -0.243. The van der Waals surface area contributed by atoms with Gasteiger partial charge in [0.1, 0.15) is 0 Å². The number of piperidine rings is 1. The molecule has 4 heteroatoms. The monoisotopic (exact) mass is 309 g/mol. The van der Waals surface area contributed by atoms with Crippen LogP contribution in [-0.4, -0.2) is 19.0 Å². The number of nitrogens with two attached hydrogens (primary N) is 1. The molecule has 1 fully saturated rings. The van der Waals surface area contributed by atoms with Crippen LogP contribution < -0.4 is 16.2 Å². The van der Waals surface area contributed by atoms with Gasteiger partial charge in [0.2, 0.25) is 0 Å². The number of para-hydroxylation sites is 1. The Kier molecular flexibility index (Phi) is 4.93. The van der Waals surface area contributed by atoms with Crippen LogP contribution in [0, 0.1) is 5.92 Å². The largest absolute Gasteiger partial charge is 0.372 e. The van der Waals surface area contributed by atoms with E-state index in [4.69, 9.17) is 5.84 Å². The van der Waals surface area contributed by atoms with E-state index in [-0.39, 0.29) is 5.91 Å². The zero-order valence-corrected chi connectivity index (χ0v) is 13.2. The number of nitrogens with one attached hydrogen (secondary N) is 1. The van der Waals surface area contributed by atoms with Gasteiger partial charge in [-0.05, 0) is 55.0 Å². The summed E-state index contributed by atoms with van der Waals surface area (Å²) in [6.07, 6.45) is 3.49. The number of rotatable bonds is 4. The Balaban J connectivity index is 1.53. The van der Waals surface area contributed by atoms with Gasteiger partial charge in [-0.1, -0.05) is 30.3 Å². The molecule has 23 heavy (non-hydrogen) atoms. The van der Waals surface area contributed by atoms with Gasteiger partial charge in [-0.3, -0.25) is 10.2 Å². The molecule has 120 valence electrons. The third kappa shape index (κ3) is 3.90. The molecule has 0 atom stereocenters. The molecule has 0 radical (unpaired) electrons. The summed E-state index contributed by atoms with van der Waals surface area (Å²) < 4.78 is 0. The summed E-state index contributed by atoms with van der Waals surface area (Å²) in [5.74, 6) is 5.62. The second-order valence-electron chi connectivity index (χ2n) is 6.14. The van der Waals surface area contributed by atoms with Crippen LogP contribution >= 0.6 is 0 Å². The highest BCUT2D eigenvalue weighted by atomic mass is 16.2. The molecule has 1 heterocycles. The van der Waals surface area contributed by atoms with E-state index in [1.165, 1.54) is 24.1 Å². The van der Waals surface area contributed by atoms with Crippen molar-refractivity contribution in [3.8, 4) is 0 Å². The standard InChI is InChI=1S/C19H23N3O/c20-21-19(23)17-8-6-15(7-9-17)14-16-10-12-22(13-11-16)18-4-2-1-3-5-18/h1-9,16H,10-14,20H2,(H,21,23). The van der Waals surface area contributed by atoms with E-state index >= 15 is 0 Å². The van der Waals surface area contributed by atoms with E-state index in [0.29, 0.717) is 11.5 Å². The second kappa shape index (κ2) is 7.29. The average Bonchev–Trinajstić information content (AvgIpc) is 2.63. The van der Waals surface area contributed by atoms with Crippen LogP contribution in [0.25, 0.3) is 0 Å². The number of nitrogens with zero attached hydrogens (tertiary/aromatic N) is 1. The normalized spacial score (nSPS) is 15.4. The smallest absolute Gasteiger partial charge is 0.265 e. The van der Waals surface area contributed by atoms with Crippen molar-refractivity contribution >= 4 is 11.6 Å². The highest BCUT2D eigenvalue weighted by Gasteiger charge is 2.19. The Hall–Kier alpha value is -2.33. The fraction of sp³-hybridized carbons (Fsp3) is 0.316. The molecule has 0 saturated carbocycles. The quantitative estimate of drug-likeness (QED) is 0.519. The number of hydrogen-bond acceptors (Lipinski definition) is 3. The molecule has 1 saturated heterocycles. The molecule has 1 aliphatic heterocycles. The molecule has 0 bridgehead atoms. The summed E-state index contributed by atoms with van der Waals surface area (Å²) in [5.41, 5.74) is 5.38. The van der Waals surface area contributed by atoms with Crippen LogP contribution in [0.15, 0.2) is 54.6 Å². The van der Waals surface area contributed by atoms with E-state index < -0.39 is 0 Å². The van der Waals surface area contributed by atoms with Crippen LogP contribution in [-0.2, 0) is 6.42 Å². The third-order valence-electron chi connectivity index (χ3n) is 4.61. The van der Waals surface area contributed by atoms with E-state index in [1.54, 1.807) is 0 Å². The minimum Gasteiger partial charge on any atom is -0.372 e. The maximum atomic E-state index is 11.4. The Bertz CT molecular complexity index is 631. The lowest BCUT2D eigenvalue weighted by Crippen LogP contribution is -2.34. The van der Waals surface area contributed by atoms with Gasteiger partial charge in [-0.15, -0.1) is 0 Å². The summed E-state index contributed by atoms with van der Waals surface area (Å²) in [4.78, 5) is 13.9. The molecule has 1 amide bonds. The molecule has 0 aliphatic carbocycles. The molecular formula is C19H23N3O. The molecule has 2 aromatic carbocycles. The van der Waals surface area contributed by atoms with Crippen molar-refractivity contribution in [3.63, 3.8) is 0 Å². The number of carbonyl (C=O) groups excluding carboxylic acids is 1. The van der Waals surface area contributed by atoms with Crippen molar-refractivity contribution in [1.82, 2.24) is 5.43 Å². The van der Waals surface area contributed by atoms with Gasteiger partial charge < -0.3 is 4.90 Å². The first-order valence-electron chi connectivity index (χ1n) is 8.16. The summed E-state index contributed by atoms with van der Waals surface area (Å²) in [5, 5.41) is 0. The van der Waals surface area contributed by atoms with Gasteiger partial charge >= 0.3 is 0 Å². The maximum Gasteiger partial charge on any atom is 0.265 e. The first kappa shape index (κ1) is 15.6.